The van der Waals surface area contributed by atoms with Crippen LogP contribution >= 0.6 is 0 Å². The maximum atomic E-state index is 12.9. The Labute approximate surface area is 194 Å². The summed E-state index contributed by atoms with van der Waals surface area (Å²) in [5.41, 5.74) is 2.06. The van der Waals surface area contributed by atoms with Gasteiger partial charge in [-0.15, -0.1) is 0 Å². The van der Waals surface area contributed by atoms with Gasteiger partial charge < -0.3 is 9.47 Å². The van der Waals surface area contributed by atoms with Gasteiger partial charge in [0.15, 0.2) is 12.4 Å². The molecule has 0 unspecified atom stereocenters. The zero-order valence-electron chi connectivity index (χ0n) is 18.1. The Morgan fingerprint density at radius 2 is 1.65 bits per heavy atom. The Morgan fingerprint density at radius 3 is 2.26 bits per heavy atom. The Morgan fingerprint density at radius 1 is 0.971 bits per heavy atom. The SMILES string of the molecule is COc1ccc(-c2nn(-c3ccccc3)cc2C(=O)OCC(=O)c2ccc([N+](=O)[O-])cc2)cc1. The molecule has 0 radical (unpaired) electrons. The van der Waals surface area contributed by atoms with E-state index in [1.165, 1.54) is 24.3 Å². The van der Waals surface area contributed by atoms with E-state index in [9.17, 15) is 19.7 Å². The number of aromatic nitrogens is 2. The fraction of sp³-hybridized carbons (Fsp3) is 0.0800. The number of ether oxygens (including phenoxy) is 2. The molecule has 0 fully saturated rings. The molecule has 0 aliphatic rings. The molecule has 170 valence electrons. The normalized spacial score (nSPS) is 10.5. The van der Waals surface area contributed by atoms with Crippen molar-refractivity contribution in [2.24, 2.45) is 0 Å². The number of ketones is 1. The Kier molecular flexibility index (Phi) is 6.45. The number of hydrogen-bond acceptors (Lipinski definition) is 7. The second-order valence-corrected chi connectivity index (χ2v) is 7.20. The summed E-state index contributed by atoms with van der Waals surface area (Å²) in [5, 5.41) is 15.3. The summed E-state index contributed by atoms with van der Waals surface area (Å²) in [7, 11) is 1.56. The first-order valence-corrected chi connectivity index (χ1v) is 10.2. The lowest BCUT2D eigenvalue weighted by Crippen LogP contribution is -2.14. The van der Waals surface area contributed by atoms with E-state index >= 15 is 0 Å². The van der Waals surface area contributed by atoms with Crippen LogP contribution in [-0.2, 0) is 4.74 Å². The van der Waals surface area contributed by atoms with Crippen LogP contribution in [0.2, 0.25) is 0 Å². The standard InChI is InChI=1S/C25H19N3O6/c1-33-21-13-9-18(10-14-21)24-22(15-27(26-24)19-5-3-2-4-6-19)25(30)34-16-23(29)17-7-11-20(12-8-17)28(31)32/h2-15H,16H2,1H3. The molecule has 0 amide bonds. The average Bonchev–Trinajstić information content (AvgIpc) is 3.33. The molecule has 0 saturated heterocycles. The number of nitro benzene ring substituents is 1. The van der Waals surface area contributed by atoms with Gasteiger partial charge in [-0.05, 0) is 48.5 Å². The number of hydrogen-bond donors (Lipinski definition) is 0. The van der Waals surface area contributed by atoms with Crippen molar-refractivity contribution >= 4 is 17.4 Å². The number of carbonyl (C=O) groups excluding carboxylic acids is 2. The number of non-ortho nitro benzene ring substituents is 1. The van der Waals surface area contributed by atoms with E-state index in [1.807, 2.05) is 30.3 Å². The van der Waals surface area contributed by atoms with Crippen LogP contribution in [0.25, 0.3) is 16.9 Å². The van der Waals surface area contributed by atoms with Gasteiger partial charge in [-0.2, -0.15) is 5.10 Å². The Bertz CT molecular complexity index is 1330. The van der Waals surface area contributed by atoms with Crippen molar-refractivity contribution in [3.63, 3.8) is 0 Å². The smallest absolute Gasteiger partial charge is 0.342 e. The Balaban J connectivity index is 1.58. The maximum Gasteiger partial charge on any atom is 0.342 e. The van der Waals surface area contributed by atoms with Gasteiger partial charge in [-0.3, -0.25) is 14.9 Å². The molecule has 0 aliphatic carbocycles. The zero-order chi connectivity index (χ0) is 24.1. The van der Waals surface area contributed by atoms with Crippen LogP contribution in [0.3, 0.4) is 0 Å². The molecule has 0 saturated carbocycles. The molecule has 0 atom stereocenters. The van der Waals surface area contributed by atoms with Gasteiger partial charge in [0, 0.05) is 29.5 Å². The third-order valence-corrected chi connectivity index (χ3v) is 5.05. The number of methoxy groups -OCH3 is 1. The van der Waals surface area contributed by atoms with Crippen molar-refractivity contribution in [2.45, 2.75) is 0 Å². The number of esters is 1. The molecule has 34 heavy (non-hydrogen) atoms. The van der Waals surface area contributed by atoms with Crippen LogP contribution < -0.4 is 4.74 Å². The van der Waals surface area contributed by atoms with Gasteiger partial charge in [0.2, 0.25) is 0 Å². The minimum atomic E-state index is -0.719. The van der Waals surface area contributed by atoms with Gasteiger partial charge in [0.05, 0.1) is 17.7 Å². The third-order valence-electron chi connectivity index (χ3n) is 5.05. The molecule has 0 aliphatic heterocycles. The Hall–Kier alpha value is -4.79. The lowest BCUT2D eigenvalue weighted by atomic mass is 10.1. The van der Waals surface area contributed by atoms with Gasteiger partial charge >= 0.3 is 5.97 Å². The van der Waals surface area contributed by atoms with Crippen LogP contribution in [0.4, 0.5) is 5.69 Å². The first-order chi connectivity index (χ1) is 16.5. The molecule has 0 N–H and O–H groups in total. The summed E-state index contributed by atoms with van der Waals surface area (Å²) in [4.78, 5) is 35.6. The molecule has 4 rings (SSSR count). The predicted molar refractivity (Wildman–Crippen MR) is 123 cm³/mol. The molecule has 9 nitrogen and oxygen atoms in total. The van der Waals surface area contributed by atoms with E-state index in [0.717, 1.165) is 5.69 Å². The number of carbonyl (C=O) groups is 2. The monoisotopic (exact) mass is 457 g/mol. The lowest BCUT2D eigenvalue weighted by Gasteiger charge is -2.06. The fourth-order valence-electron chi connectivity index (χ4n) is 3.26. The van der Waals surface area contributed by atoms with Crippen LogP contribution in [0.5, 0.6) is 5.75 Å². The highest BCUT2D eigenvalue weighted by atomic mass is 16.6. The summed E-state index contributed by atoms with van der Waals surface area (Å²) in [6.45, 7) is -0.519. The number of nitrogens with zero attached hydrogens (tertiary/aromatic N) is 3. The summed E-state index contributed by atoms with van der Waals surface area (Å²) in [5.74, 6) is -0.544. The van der Waals surface area contributed by atoms with E-state index in [1.54, 1.807) is 42.3 Å². The number of Topliss-reactive ketones (excluding diaryl/α,β-unsaturated/α-hetero) is 1. The molecule has 9 heteroatoms. The topological polar surface area (TPSA) is 114 Å². The van der Waals surface area contributed by atoms with Crippen LogP contribution in [0.15, 0.2) is 85.1 Å². The maximum absolute atomic E-state index is 12.9. The molecule has 3 aromatic carbocycles. The van der Waals surface area contributed by atoms with Gasteiger partial charge in [0.1, 0.15) is 17.0 Å². The summed E-state index contributed by atoms with van der Waals surface area (Å²) in [6.07, 6.45) is 1.55. The minimum Gasteiger partial charge on any atom is -0.497 e. The van der Waals surface area contributed by atoms with Crippen molar-refractivity contribution in [3.05, 3.63) is 106 Å². The highest BCUT2D eigenvalue weighted by molar-refractivity contribution is 6.01. The summed E-state index contributed by atoms with van der Waals surface area (Å²) in [6, 6.07) is 21.4. The van der Waals surface area contributed by atoms with Crippen molar-refractivity contribution < 1.29 is 24.0 Å². The molecular formula is C25H19N3O6. The van der Waals surface area contributed by atoms with Crippen molar-refractivity contribution in [2.75, 3.05) is 13.7 Å². The first-order valence-electron chi connectivity index (χ1n) is 10.2. The molecule has 1 heterocycles. The molecular weight excluding hydrogens is 438 g/mol. The van der Waals surface area contributed by atoms with Crippen molar-refractivity contribution in [3.8, 4) is 22.7 Å². The molecule has 1 aromatic heterocycles. The predicted octanol–water partition coefficient (Wildman–Crippen LogP) is 4.50. The van der Waals surface area contributed by atoms with Crippen molar-refractivity contribution in [1.29, 1.82) is 0 Å². The third kappa shape index (κ3) is 4.83. The van der Waals surface area contributed by atoms with Crippen LogP contribution in [-0.4, -0.2) is 40.2 Å². The first kappa shape index (κ1) is 22.4. The van der Waals surface area contributed by atoms with Crippen LogP contribution in [0.1, 0.15) is 20.7 Å². The van der Waals surface area contributed by atoms with Gasteiger partial charge in [-0.1, -0.05) is 18.2 Å². The lowest BCUT2D eigenvalue weighted by molar-refractivity contribution is -0.384. The van der Waals surface area contributed by atoms with Crippen molar-refractivity contribution in [1.82, 2.24) is 9.78 Å². The number of benzene rings is 3. The molecule has 4 aromatic rings. The van der Waals surface area contributed by atoms with E-state index < -0.39 is 23.3 Å². The largest absolute Gasteiger partial charge is 0.497 e. The van der Waals surface area contributed by atoms with Gasteiger partial charge in [-0.25, -0.2) is 9.48 Å². The fourth-order valence-corrected chi connectivity index (χ4v) is 3.26. The number of rotatable bonds is 8. The molecule has 0 bridgehead atoms. The quantitative estimate of drug-likeness (QED) is 0.166. The average molecular weight is 457 g/mol. The van der Waals surface area contributed by atoms with E-state index in [2.05, 4.69) is 5.10 Å². The highest BCUT2D eigenvalue weighted by Gasteiger charge is 2.21. The highest BCUT2D eigenvalue weighted by Crippen LogP contribution is 2.26. The number of para-hydroxylation sites is 1. The zero-order valence-corrected chi connectivity index (χ0v) is 18.1. The van der Waals surface area contributed by atoms with Crippen LogP contribution in [0, 0.1) is 10.1 Å². The van der Waals surface area contributed by atoms with Gasteiger partial charge in [0.25, 0.3) is 5.69 Å². The van der Waals surface area contributed by atoms with E-state index in [0.29, 0.717) is 17.0 Å². The second-order valence-electron chi connectivity index (χ2n) is 7.20. The van der Waals surface area contributed by atoms with E-state index in [-0.39, 0.29) is 16.8 Å². The summed E-state index contributed by atoms with van der Waals surface area (Å²) < 4.78 is 12.0. The molecule has 0 spiro atoms. The minimum absolute atomic E-state index is 0.133. The number of nitro groups is 1. The van der Waals surface area contributed by atoms with E-state index in [4.69, 9.17) is 9.47 Å². The summed E-state index contributed by atoms with van der Waals surface area (Å²) >= 11 is 0. The second kappa shape index (κ2) is 9.78.